The van der Waals surface area contributed by atoms with Gasteiger partial charge in [-0.3, -0.25) is 10.1 Å². The van der Waals surface area contributed by atoms with Gasteiger partial charge in [-0.15, -0.1) is 0 Å². The van der Waals surface area contributed by atoms with Crippen LogP contribution < -0.4 is 5.32 Å². The Labute approximate surface area is 132 Å². The van der Waals surface area contributed by atoms with Gasteiger partial charge in [0.05, 0.1) is 0 Å². The van der Waals surface area contributed by atoms with Crippen molar-refractivity contribution in [1.82, 2.24) is 5.32 Å². The largest absolute Gasteiger partial charge is 0.374 e. The van der Waals surface area contributed by atoms with E-state index in [-0.39, 0.29) is 17.7 Å². The van der Waals surface area contributed by atoms with E-state index in [1.807, 2.05) is 50.3 Å². The van der Waals surface area contributed by atoms with Crippen molar-refractivity contribution in [2.45, 2.75) is 45.4 Å². The number of hydrogen-bond donors (Lipinski definition) is 2. The van der Waals surface area contributed by atoms with Crippen molar-refractivity contribution < 1.29 is 9.90 Å². The van der Waals surface area contributed by atoms with Crippen molar-refractivity contribution in [2.24, 2.45) is 5.92 Å². The minimum atomic E-state index is -0.766. The monoisotopic (exact) mass is 299 g/mol. The first-order valence-corrected chi connectivity index (χ1v) is 7.95. The highest BCUT2D eigenvalue weighted by Gasteiger charge is 2.22. The lowest BCUT2D eigenvalue weighted by molar-refractivity contribution is -0.122. The fraction of sp³-hybridized carbons (Fsp3) is 0.421. The van der Waals surface area contributed by atoms with Crippen molar-refractivity contribution in [1.29, 1.82) is 0 Å². The van der Waals surface area contributed by atoms with Gasteiger partial charge in [-0.25, -0.2) is 0 Å². The number of carbonyl (C=O) groups excluding carboxylic acids is 1. The number of hydrogen-bond acceptors (Lipinski definition) is 3. The molecular formula is C19H25NO2. The van der Waals surface area contributed by atoms with Crippen molar-refractivity contribution in [3.8, 4) is 0 Å². The van der Waals surface area contributed by atoms with Crippen molar-refractivity contribution in [3.63, 3.8) is 0 Å². The second-order valence-corrected chi connectivity index (χ2v) is 6.07. The molecule has 1 aliphatic carbocycles. The summed E-state index contributed by atoms with van der Waals surface area (Å²) in [6.45, 7) is 3.84. The third-order valence-electron chi connectivity index (χ3n) is 4.02. The molecule has 0 aliphatic heterocycles. The Hall–Kier alpha value is -1.71. The van der Waals surface area contributed by atoms with E-state index >= 15 is 0 Å². The summed E-state index contributed by atoms with van der Waals surface area (Å²) in [7, 11) is 0. The lowest BCUT2D eigenvalue weighted by Gasteiger charge is -2.26. The molecule has 1 aliphatic rings. The number of nitrogens with one attached hydrogen (secondary N) is 1. The van der Waals surface area contributed by atoms with E-state index in [2.05, 4.69) is 17.5 Å². The van der Waals surface area contributed by atoms with Crippen LogP contribution in [0.5, 0.6) is 0 Å². The van der Waals surface area contributed by atoms with Gasteiger partial charge in [0.15, 0.2) is 0 Å². The summed E-state index contributed by atoms with van der Waals surface area (Å²) in [6.07, 6.45) is 7.79. The third-order valence-corrected chi connectivity index (χ3v) is 4.02. The van der Waals surface area contributed by atoms with E-state index in [9.17, 15) is 9.90 Å². The molecule has 0 radical (unpaired) electrons. The van der Waals surface area contributed by atoms with Gasteiger partial charge in [-0.1, -0.05) is 68.0 Å². The van der Waals surface area contributed by atoms with E-state index in [0.717, 1.165) is 18.4 Å². The molecule has 0 saturated carbocycles. The fourth-order valence-electron chi connectivity index (χ4n) is 2.57. The maximum absolute atomic E-state index is 12.1. The highest BCUT2D eigenvalue weighted by Crippen LogP contribution is 2.22. The van der Waals surface area contributed by atoms with Crippen LogP contribution in [-0.4, -0.2) is 16.9 Å². The summed E-state index contributed by atoms with van der Waals surface area (Å²) in [4.78, 5) is 12.1. The van der Waals surface area contributed by atoms with Crippen LogP contribution >= 0.6 is 0 Å². The SMILES string of the molecule is CC(C)C(=O)C[C@@H](NC(O)c1ccccc1)C1=CC=CCC1. The molecule has 118 valence electrons. The van der Waals surface area contributed by atoms with Gasteiger partial charge in [-0.05, 0) is 18.4 Å². The van der Waals surface area contributed by atoms with Crippen LogP contribution in [0.25, 0.3) is 0 Å². The molecule has 3 nitrogen and oxygen atoms in total. The second kappa shape index (κ2) is 8.06. The quantitative estimate of drug-likeness (QED) is 0.757. The molecule has 0 heterocycles. The summed E-state index contributed by atoms with van der Waals surface area (Å²) >= 11 is 0. The molecule has 0 spiro atoms. The van der Waals surface area contributed by atoms with Gasteiger partial charge in [0.25, 0.3) is 0 Å². The highest BCUT2D eigenvalue weighted by molar-refractivity contribution is 5.81. The number of ketones is 1. The van der Waals surface area contributed by atoms with Crippen LogP contribution in [0.4, 0.5) is 0 Å². The van der Waals surface area contributed by atoms with Crippen LogP contribution in [-0.2, 0) is 4.79 Å². The molecule has 2 atom stereocenters. The Morgan fingerprint density at radius 3 is 2.59 bits per heavy atom. The normalized spacial score (nSPS) is 17.2. The number of carbonyl (C=O) groups is 1. The van der Waals surface area contributed by atoms with E-state index in [0.29, 0.717) is 6.42 Å². The summed E-state index contributed by atoms with van der Waals surface area (Å²) in [5, 5.41) is 13.6. The molecule has 3 heteroatoms. The van der Waals surface area contributed by atoms with Gasteiger partial charge in [0, 0.05) is 18.4 Å². The molecule has 0 aromatic heterocycles. The van der Waals surface area contributed by atoms with E-state index in [4.69, 9.17) is 0 Å². The number of aliphatic hydroxyl groups is 1. The van der Waals surface area contributed by atoms with Crippen molar-refractivity contribution >= 4 is 5.78 Å². The average Bonchev–Trinajstić information content (AvgIpc) is 2.55. The van der Waals surface area contributed by atoms with Gasteiger partial charge >= 0.3 is 0 Å². The van der Waals surface area contributed by atoms with Gasteiger partial charge < -0.3 is 5.11 Å². The van der Waals surface area contributed by atoms with Gasteiger partial charge in [0.1, 0.15) is 12.0 Å². The molecule has 22 heavy (non-hydrogen) atoms. The molecule has 1 unspecified atom stereocenters. The predicted molar refractivity (Wildman–Crippen MR) is 89.2 cm³/mol. The highest BCUT2D eigenvalue weighted by atomic mass is 16.3. The summed E-state index contributed by atoms with van der Waals surface area (Å²) in [5.74, 6) is 0.228. The maximum atomic E-state index is 12.1. The first-order valence-electron chi connectivity index (χ1n) is 7.95. The smallest absolute Gasteiger partial charge is 0.137 e. The summed E-state index contributed by atoms with van der Waals surface area (Å²) in [5.41, 5.74) is 2.00. The van der Waals surface area contributed by atoms with Crippen molar-refractivity contribution in [2.75, 3.05) is 0 Å². The molecule has 2 rings (SSSR count). The minimum Gasteiger partial charge on any atom is -0.374 e. The molecule has 1 aromatic carbocycles. The molecule has 1 aromatic rings. The Bertz CT molecular complexity index is 546. The molecule has 0 bridgehead atoms. The second-order valence-electron chi connectivity index (χ2n) is 6.07. The Kier molecular flexibility index (Phi) is 6.10. The van der Waals surface area contributed by atoms with Crippen LogP contribution in [0.2, 0.25) is 0 Å². The first kappa shape index (κ1) is 16.7. The predicted octanol–water partition coefficient (Wildman–Crippen LogP) is 3.53. The first-order chi connectivity index (χ1) is 10.6. The standard InChI is InChI=1S/C19H25NO2/c1-14(2)18(21)13-17(15-9-5-3-6-10-15)20-19(22)16-11-7-4-8-12-16/h3-5,7-9,11-12,14,17,19-20,22H,6,10,13H2,1-2H3/t17-,19?/m1/s1. The molecule has 2 N–H and O–H groups in total. The number of aliphatic hydroxyl groups excluding tert-OH is 1. The Morgan fingerprint density at radius 2 is 2.00 bits per heavy atom. The number of Topliss-reactive ketones (excluding diaryl/α,β-unsaturated/α-hetero) is 1. The lowest BCUT2D eigenvalue weighted by atomic mass is 9.91. The number of rotatable bonds is 7. The molecule has 0 fully saturated rings. The fourth-order valence-corrected chi connectivity index (χ4v) is 2.57. The van der Waals surface area contributed by atoms with Gasteiger partial charge in [0.2, 0.25) is 0 Å². The van der Waals surface area contributed by atoms with Crippen molar-refractivity contribution in [3.05, 3.63) is 59.7 Å². The maximum Gasteiger partial charge on any atom is 0.137 e. The average molecular weight is 299 g/mol. The zero-order valence-electron chi connectivity index (χ0n) is 13.3. The number of allylic oxidation sites excluding steroid dienone is 3. The Morgan fingerprint density at radius 1 is 1.27 bits per heavy atom. The summed E-state index contributed by atoms with van der Waals surface area (Å²) < 4.78 is 0. The van der Waals surface area contributed by atoms with Crippen LogP contribution in [0, 0.1) is 5.92 Å². The third kappa shape index (κ3) is 4.65. The van der Waals surface area contributed by atoms with E-state index < -0.39 is 6.23 Å². The van der Waals surface area contributed by atoms with E-state index in [1.165, 1.54) is 5.57 Å². The topological polar surface area (TPSA) is 49.3 Å². The van der Waals surface area contributed by atoms with Gasteiger partial charge in [-0.2, -0.15) is 0 Å². The van der Waals surface area contributed by atoms with Crippen LogP contribution in [0.1, 0.15) is 44.9 Å². The molecule has 0 saturated heterocycles. The van der Waals surface area contributed by atoms with E-state index in [1.54, 1.807) is 0 Å². The zero-order chi connectivity index (χ0) is 15.9. The lowest BCUT2D eigenvalue weighted by Crippen LogP contribution is -2.37. The van der Waals surface area contributed by atoms with Crippen LogP contribution in [0.3, 0.4) is 0 Å². The summed E-state index contributed by atoms with van der Waals surface area (Å²) in [6, 6.07) is 9.37. The zero-order valence-corrected chi connectivity index (χ0v) is 13.3. The molecular weight excluding hydrogens is 274 g/mol. The minimum absolute atomic E-state index is 0.0119. The molecule has 0 amide bonds. The Balaban J connectivity index is 2.11. The number of benzene rings is 1. The van der Waals surface area contributed by atoms with Crippen LogP contribution in [0.15, 0.2) is 54.1 Å².